The Labute approximate surface area is 157 Å². The summed E-state index contributed by atoms with van der Waals surface area (Å²) in [7, 11) is -1.90. The molecule has 9 nitrogen and oxygen atoms in total. The van der Waals surface area contributed by atoms with E-state index in [9.17, 15) is 8.42 Å². The Morgan fingerprint density at radius 3 is 2.85 bits per heavy atom. The van der Waals surface area contributed by atoms with E-state index >= 15 is 0 Å². The zero-order valence-electron chi connectivity index (χ0n) is 14.9. The van der Waals surface area contributed by atoms with Crippen molar-refractivity contribution >= 4 is 10.0 Å². The van der Waals surface area contributed by atoms with E-state index in [4.69, 9.17) is 4.52 Å². The van der Waals surface area contributed by atoms with E-state index in [2.05, 4.69) is 20.2 Å². The fraction of sp³-hybridized carbons (Fsp3) is 0.412. The lowest BCUT2D eigenvalue weighted by atomic mass is 10.1. The average Bonchev–Trinajstić information content (AvgIpc) is 3.25. The third kappa shape index (κ3) is 3.50. The topological polar surface area (TPSA) is 107 Å². The van der Waals surface area contributed by atoms with Crippen LogP contribution < -0.4 is 0 Å². The molecule has 1 saturated heterocycles. The largest absolute Gasteiger partial charge is 0.334 e. The molecule has 3 aromatic heterocycles. The second kappa shape index (κ2) is 7.20. The van der Waals surface area contributed by atoms with Crippen molar-refractivity contribution in [3.63, 3.8) is 0 Å². The standard InChI is InChI=1S/C17H20N6O3S/c1-22-12-13(10-19-22)17-20-16(21-26-17)15-7-3-2-4-9-23(15)27(24,25)14-6-5-8-18-11-14/h5-6,8,10-12,15H,2-4,7,9H2,1H3/t15-/m1/s1. The van der Waals surface area contributed by atoms with Gasteiger partial charge in [0, 0.05) is 32.2 Å². The van der Waals surface area contributed by atoms with Crippen LogP contribution in [0.1, 0.15) is 37.5 Å². The van der Waals surface area contributed by atoms with E-state index < -0.39 is 16.1 Å². The fourth-order valence-electron chi connectivity index (χ4n) is 3.28. The molecule has 4 rings (SSSR count). The number of hydrogen-bond acceptors (Lipinski definition) is 7. The van der Waals surface area contributed by atoms with Gasteiger partial charge in [-0.15, -0.1) is 0 Å². The second-order valence-electron chi connectivity index (χ2n) is 6.53. The molecule has 142 valence electrons. The number of sulfonamides is 1. The van der Waals surface area contributed by atoms with Gasteiger partial charge in [-0.25, -0.2) is 8.42 Å². The van der Waals surface area contributed by atoms with Gasteiger partial charge in [-0.1, -0.05) is 18.0 Å². The fourth-order valence-corrected chi connectivity index (χ4v) is 4.90. The third-order valence-electron chi connectivity index (χ3n) is 4.64. The predicted octanol–water partition coefficient (Wildman–Crippen LogP) is 2.17. The Bertz CT molecular complexity index is 1010. The normalized spacial score (nSPS) is 19.1. The molecule has 10 heteroatoms. The Morgan fingerprint density at radius 2 is 2.11 bits per heavy atom. The maximum atomic E-state index is 13.2. The van der Waals surface area contributed by atoms with Crippen LogP contribution in [0.3, 0.4) is 0 Å². The summed E-state index contributed by atoms with van der Waals surface area (Å²) < 4.78 is 34.9. The minimum atomic E-state index is -3.70. The lowest BCUT2D eigenvalue weighted by Gasteiger charge is -2.26. The molecule has 0 radical (unpaired) electrons. The van der Waals surface area contributed by atoms with E-state index in [0.29, 0.717) is 30.2 Å². The second-order valence-corrected chi connectivity index (χ2v) is 8.42. The first-order valence-electron chi connectivity index (χ1n) is 8.80. The number of hydrogen-bond donors (Lipinski definition) is 0. The molecule has 0 amide bonds. The highest BCUT2D eigenvalue weighted by Gasteiger charge is 2.36. The molecule has 1 atom stereocenters. The molecule has 0 saturated carbocycles. The molecule has 4 heterocycles. The summed E-state index contributed by atoms with van der Waals surface area (Å²) >= 11 is 0. The summed E-state index contributed by atoms with van der Waals surface area (Å²) in [4.78, 5) is 8.59. The summed E-state index contributed by atoms with van der Waals surface area (Å²) in [5.41, 5.74) is 0.700. The molecule has 0 spiro atoms. The van der Waals surface area contributed by atoms with E-state index in [0.717, 1.165) is 19.3 Å². The molecule has 0 bridgehead atoms. The monoisotopic (exact) mass is 388 g/mol. The van der Waals surface area contributed by atoms with E-state index in [1.165, 1.54) is 10.5 Å². The first-order chi connectivity index (χ1) is 13.1. The minimum Gasteiger partial charge on any atom is -0.334 e. The Kier molecular flexibility index (Phi) is 4.75. The predicted molar refractivity (Wildman–Crippen MR) is 95.8 cm³/mol. The van der Waals surface area contributed by atoms with Crippen LogP contribution in [0.4, 0.5) is 0 Å². The Balaban J connectivity index is 1.70. The van der Waals surface area contributed by atoms with E-state index in [1.54, 1.807) is 42.5 Å². The number of rotatable bonds is 4. The van der Waals surface area contributed by atoms with Crippen molar-refractivity contribution < 1.29 is 12.9 Å². The summed E-state index contributed by atoms with van der Waals surface area (Å²) in [6.45, 7) is 0.415. The highest BCUT2D eigenvalue weighted by molar-refractivity contribution is 7.89. The smallest absolute Gasteiger partial charge is 0.261 e. The zero-order chi connectivity index (χ0) is 18.9. The van der Waals surface area contributed by atoms with Crippen LogP contribution in [-0.2, 0) is 17.1 Å². The van der Waals surface area contributed by atoms with Crippen molar-refractivity contribution in [3.05, 3.63) is 42.7 Å². The van der Waals surface area contributed by atoms with Crippen molar-refractivity contribution in [2.24, 2.45) is 7.05 Å². The van der Waals surface area contributed by atoms with Crippen molar-refractivity contribution in [1.29, 1.82) is 0 Å². The van der Waals surface area contributed by atoms with Gasteiger partial charge in [0.25, 0.3) is 5.89 Å². The molecule has 1 aliphatic rings. The molecular weight excluding hydrogens is 368 g/mol. The van der Waals surface area contributed by atoms with Crippen LogP contribution in [-0.4, -0.2) is 44.2 Å². The highest BCUT2D eigenvalue weighted by atomic mass is 32.2. The van der Waals surface area contributed by atoms with Gasteiger partial charge in [0.2, 0.25) is 10.0 Å². The lowest BCUT2D eigenvalue weighted by Crippen LogP contribution is -2.35. The van der Waals surface area contributed by atoms with Crippen LogP contribution in [0.2, 0.25) is 0 Å². The first-order valence-corrected chi connectivity index (χ1v) is 10.2. The number of pyridine rings is 1. The average molecular weight is 388 g/mol. The van der Waals surface area contributed by atoms with Gasteiger partial charge in [0.05, 0.1) is 17.8 Å². The minimum absolute atomic E-state index is 0.174. The SMILES string of the molecule is Cn1cc(-c2nc([C@H]3CCCCCN3S(=O)(=O)c3cccnc3)no2)cn1. The van der Waals surface area contributed by atoms with E-state index in [1.807, 2.05) is 0 Å². The van der Waals surface area contributed by atoms with Crippen LogP contribution in [0.15, 0.2) is 46.3 Å². The maximum Gasteiger partial charge on any atom is 0.261 e. The molecule has 1 fully saturated rings. The zero-order valence-corrected chi connectivity index (χ0v) is 15.7. The van der Waals surface area contributed by atoms with Gasteiger partial charge in [-0.3, -0.25) is 9.67 Å². The van der Waals surface area contributed by atoms with Crippen molar-refractivity contribution in [2.75, 3.05) is 6.54 Å². The Hall–Kier alpha value is -2.59. The Morgan fingerprint density at radius 1 is 1.22 bits per heavy atom. The van der Waals surface area contributed by atoms with Gasteiger partial charge < -0.3 is 4.52 Å². The first kappa shape index (κ1) is 17.8. The van der Waals surface area contributed by atoms with Gasteiger partial charge in [-0.05, 0) is 25.0 Å². The van der Waals surface area contributed by atoms with Gasteiger partial charge in [0.1, 0.15) is 4.90 Å². The summed E-state index contributed by atoms with van der Waals surface area (Å²) in [6.07, 6.45) is 9.63. The molecule has 0 aliphatic carbocycles. The molecule has 0 aromatic carbocycles. The number of aryl methyl sites for hydroxylation is 1. The van der Waals surface area contributed by atoms with Crippen LogP contribution in [0.25, 0.3) is 11.5 Å². The third-order valence-corrected chi connectivity index (χ3v) is 6.53. The number of nitrogens with zero attached hydrogens (tertiary/aromatic N) is 6. The summed E-state index contributed by atoms with van der Waals surface area (Å²) in [5.74, 6) is 0.712. The van der Waals surface area contributed by atoms with Gasteiger partial charge in [-0.2, -0.15) is 14.4 Å². The number of aromatic nitrogens is 5. The lowest BCUT2D eigenvalue weighted by molar-refractivity contribution is 0.305. The molecule has 3 aromatic rings. The molecule has 27 heavy (non-hydrogen) atoms. The van der Waals surface area contributed by atoms with Crippen molar-refractivity contribution in [1.82, 2.24) is 29.2 Å². The van der Waals surface area contributed by atoms with Crippen LogP contribution in [0.5, 0.6) is 0 Å². The van der Waals surface area contributed by atoms with Crippen molar-refractivity contribution in [3.8, 4) is 11.5 Å². The molecule has 0 N–H and O–H groups in total. The highest BCUT2D eigenvalue weighted by Crippen LogP contribution is 2.34. The van der Waals surface area contributed by atoms with Crippen LogP contribution >= 0.6 is 0 Å². The summed E-state index contributed by atoms with van der Waals surface area (Å²) in [6, 6.07) is 2.71. The van der Waals surface area contributed by atoms with Crippen LogP contribution in [0, 0.1) is 0 Å². The molecule has 0 unspecified atom stereocenters. The maximum absolute atomic E-state index is 13.2. The quantitative estimate of drug-likeness (QED) is 0.674. The van der Waals surface area contributed by atoms with Crippen molar-refractivity contribution in [2.45, 2.75) is 36.6 Å². The molecule has 1 aliphatic heterocycles. The summed E-state index contributed by atoms with van der Waals surface area (Å²) in [5, 5.41) is 8.18. The van der Waals surface area contributed by atoms with Gasteiger partial charge >= 0.3 is 0 Å². The molecular formula is C17H20N6O3S. The van der Waals surface area contributed by atoms with E-state index in [-0.39, 0.29) is 4.90 Å². The van der Waals surface area contributed by atoms with Gasteiger partial charge in [0.15, 0.2) is 5.82 Å².